The average molecular weight is 264 g/mol. The zero-order valence-corrected chi connectivity index (χ0v) is 10.3. The van der Waals surface area contributed by atoms with Crippen molar-refractivity contribution in [3.8, 4) is 28.5 Å². The van der Waals surface area contributed by atoms with E-state index in [0.717, 1.165) is 0 Å². The molecule has 19 heavy (non-hydrogen) atoms. The van der Waals surface area contributed by atoms with Crippen molar-refractivity contribution in [1.82, 2.24) is 15.4 Å². The number of carbonyl (C=O) groups excluding carboxylic acids is 1. The van der Waals surface area contributed by atoms with Gasteiger partial charge >= 0.3 is 0 Å². The van der Waals surface area contributed by atoms with E-state index in [1.54, 1.807) is 0 Å². The number of amides is 1. The van der Waals surface area contributed by atoms with Gasteiger partial charge < -0.3 is 20.3 Å². The van der Waals surface area contributed by atoms with Gasteiger partial charge in [0.05, 0.1) is 19.8 Å². The number of primary amides is 1. The molecule has 0 fully saturated rings. The molecular weight excluding hydrogens is 252 g/mol. The number of nitrogens with zero attached hydrogens (tertiary/aromatic N) is 2. The van der Waals surface area contributed by atoms with Crippen LogP contribution in [-0.4, -0.2) is 40.6 Å². The van der Waals surface area contributed by atoms with Gasteiger partial charge in [-0.05, 0) is 6.07 Å². The van der Waals surface area contributed by atoms with Gasteiger partial charge in [-0.2, -0.15) is 15.4 Å². The van der Waals surface area contributed by atoms with Crippen LogP contribution >= 0.6 is 0 Å². The van der Waals surface area contributed by atoms with Crippen LogP contribution in [0.3, 0.4) is 0 Å². The molecule has 0 bridgehead atoms. The minimum absolute atomic E-state index is 0.0781. The van der Waals surface area contributed by atoms with Gasteiger partial charge in [0.2, 0.25) is 0 Å². The van der Waals surface area contributed by atoms with Crippen LogP contribution in [0.2, 0.25) is 0 Å². The summed E-state index contributed by atoms with van der Waals surface area (Å²) in [5.41, 5.74) is 5.47. The number of aromatic amines is 1. The van der Waals surface area contributed by atoms with Crippen molar-refractivity contribution in [3.05, 3.63) is 17.8 Å². The number of hydrogen-bond donors (Lipinski definition) is 3. The Balaban J connectivity index is 2.67. The SMILES string of the molecule is COc1cc(OC)c(O)c(-c2n[nH]nc2C(N)=O)c1. The second kappa shape index (κ2) is 4.84. The number of aromatic nitrogens is 3. The number of hydrogen-bond acceptors (Lipinski definition) is 6. The van der Waals surface area contributed by atoms with Crippen LogP contribution < -0.4 is 15.2 Å². The van der Waals surface area contributed by atoms with E-state index < -0.39 is 5.91 Å². The highest BCUT2D eigenvalue weighted by Crippen LogP contribution is 2.40. The molecular formula is C11H12N4O4. The molecule has 8 heteroatoms. The van der Waals surface area contributed by atoms with Gasteiger partial charge in [-0.1, -0.05) is 0 Å². The molecule has 0 spiro atoms. The molecule has 8 nitrogen and oxygen atoms in total. The van der Waals surface area contributed by atoms with Crippen LogP contribution in [0.25, 0.3) is 11.3 Å². The van der Waals surface area contributed by atoms with Gasteiger partial charge in [0.15, 0.2) is 17.2 Å². The normalized spacial score (nSPS) is 10.2. The first-order chi connectivity index (χ1) is 9.08. The lowest BCUT2D eigenvalue weighted by molar-refractivity contribution is 0.0996. The third-order valence-electron chi connectivity index (χ3n) is 2.54. The first-order valence-electron chi connectivity index (χ1n) is 5.24. The number of nitrogens with two attached hydrogens (primary N) is 1. The number of H-pyrrole nitrogens is 1. The number of nitrogens with one attached hydrogen (secondary N) is 1. The molecule has 1 aromatic heterocycles. The predicted octanol–water partition coefficient (Wildman–Crippen LogP) is 0.293. The van der Waals surface area contributed by atoms with E-state index in [0.29, 0.717) is 5.75 Å². The molecule has 0 saturated heterocycles. The quantitative estimate of drug-likeness (QED) is 0.729. The fourth-order valence-electron chi connectivity index (χ4n) is 1.63. The van der Waals surface area contributed by atoms with Crippen molar-refractivity contribution in [1.29, 1.82) is 0 Å². The Bertz CT molecular complexity index is 623. The van der Waals surface area contributed by atoms with Crippen LogP contribution in [0.4, 0.5) is 0 Å². The maximum atomic E-state index is 11.2. The highest BCUT2D eigenvalue weighted by atomic mass is 16.5. The second-order valence-electron chi connectivity index (χ2n) is 3.61. The maximum Gasteiger partial charge on any atom is 0.271 e. The van der Waals surface area contributed by atoms with Crippen molar-refractivity contribution < 1.29 is 19.4 Å². The molecule has 100 valence electrons. The Kier molecular flexibility index (Phi) is 3.23. The summed E-state index contributed by atoms with van der Waals surface area (Å²) in [6.07, 6.45) is 0. The summed E-state index contributed by atoms with van der Waals surface area (Å²) in [6.45, 7) is 0. The zero-order valence-electron chi connectivity index (χ0n) is 10.3. The van der Waals surface area contributed by atoms with E-state index >= 15 is 0 Å². The zero-order chi connectivity index (χ0) is 14.0. The minimum Gasteiger partial charge on any atom is -0.504 e. The van der Waals surface area contributed by atoms with Crippen molar-refractivity contribution in [2.45, 2.75) is 0 Å². The Hall–Kier alpha value is -2.77. The molecule has 2 aromatic rings. The van der Waals surface area contributed by atoms with E-state index in [1.165, 1.54) is 26.4 Å². The summed E-state index contributed by atoms with van der Waals surface area (Å²) in [4.78, 5) is 11.2. The molecule has 2 rings (SSSR count). The highest BCUT2D eigenvalue weighted by molar-refractivity contribution is 5.97. The van der Waals surface area contributed by atoms with Gasteiger partial charge in [-0.3, -0.25) is 4.79 Å². The van der Waals surface area contributed by atoms with E-state index in [9.17, 15) is 9.90 Å². The molecule has 0 unspecified atom stereocenters. The van der Waals surface area contributed by atoms with E-state index in [4.69, 9.17) is 15.2 Å². The summed E-state index contributed by atoms with van der Waals surface area (Å²) in [6, 6.07) is 3.00. The van der Waals surface area contributed by atoms with Crippen molar-refractivity contribution in [3.63, 3.8) is 0 Å². The number of phenols is 1. The topological polar surface area (TPSA) is 123 Å². The lowest BCUT2D eigenvalue weighted by Gasteiger charge is -2.10. The van der Waals surface area contributed by atoms with Crippen LogP contribution in [0.15, 0.2) is 12.1 Å². The van der Waals surface area contributed by atoms with Gasteiger partial charge in [0.1, 0.15) is 11.4 Å². The Morgan fingerprint density at radius 3 is 2.63 bits per heavy atom. The standard InChI is InChI=1S/C11H12N4O4/c1-18-5-3-6(10(16)7(4-5)19-2)8-9(11(12)17)14-15-13-8/h3-4,16H,1-2H3,(H2,12,17)(H,13,14,15). The molecule has 1 heterocycles. The molecule has 1 aromatic carbocycles. The third kappa shape index (κ3) is 2.15. The molecule has 0 atom stereocenters. The first-order valence-corrected chi connectivity index (χ1v) is 5.24. The number of methoxy groups -OCH3 is 2. The number of ether oxygens (including phenoxy) is 2. The van der Waals surface area contributed by atoms with E-state index in [1.807, 2.05) is 0 Å². The lowest BCUT2D eigenvalue weighted by atomic mass is 10.1. The molecule has 0 aliphatic carbocycles. The highest BCUT2D eigenvalue weighted by Gasteiger charge is 2.21. The summed E-state index contributed by atoms with van der Waals surface area (Å²) in [7, 11) is 2.86. The molecule has 0 aliphatic heterocycles. The van der Waals surface area contributed by atoms with E-state index in [-0.39, 0.29) is 28.5 Å². The number of benzene rings is 1. The van der Waals surface area contributed by atoms with Crippen molar-refractivity contribution in [2.24, 2.45) is 5.73 Å². The molecule has 0 aliphatic rings. The summed E-state index contributed by atoms with van der Waals surface area (Å²) in [5, 5.41) is 19.8. The molecule has 0 saturated carbocycles. The predicted molar refractivity (Wildman–Crippen MR) is 65.1 cm³/mol. The summed E-state index contributed by atoms with van der Waals surface area (Å²) >= 11 is 0. The van der Waals surface area contributed by atoms with Gasteiger partial charge in [0, 0.05) is 6.07 Å². The molecule has 1 amide bonds. The van der Waals surface area contributed by atoms with Gasteiger partial charge in [0.25, 0.3) is 5.91 Å². The first kappa shape index (κ1) is 12.7. The smallest absolute Gasteiger partial charge is 0.271 e. The second-order valence-corrected chi connectivity index (χ2v) is 3.61. The third-order valence-corrected chi connectivity index (χ3v) is 2.54. The molecule has 4 N–H and O–H groups in total. The Labute approximate surface area is 108 Å². The summed E-state index contributed by atoms with van der Waals surface area (Å²) in [5.74, 6) is -0.319. The van der Waals surface area contributed by atoms with E-state index in [2.05, 4.69) is 15.4 Å². The fraction of sp³-hybridized carbons (Fsp3) is 0.182. The van der Waals surface area contributed by atoms with Crippen LogP contribution in [-0.2, 0) is 0 Å². The minimum atomic E-state index is -0.759. The Morgan fingerprint density at radius 1 is 1.32 bits per heavy atom. The number of rotatable bonds is 4. The molecule has 0 radical (unpaired) electrons. The lowest BCUT2D eigenvalue weighted by Crippen LogP contribution is -2.12. The average Bonchev–Trinajstić information content (AvgIpc) is 2.88. The Morgan fingerprint density at radius 2 is 2.05 bits per heavy atom. The fourth-order valence-corrected chi connectivity index (χ4v) is 1.63. The number of phenolic OH excluding ortho intramolecular Hbond substituents is 1. The van der Waals surface area contributed by atoms with Crippen LogP contribution in [0, 0.1) is 0 Å². The van der Waals surface area contributed by atoms with Gasteiger partial charge in [-0.25, -0.2) is 0 Å². The summed E-state index contributed by atoms with van der Waals surface area (Å²) < 4.78 is 10.1. The van der Waals surface area contributed by atoms with Crippen molar-refractivity contribution >= 4 is 5.91 Å². The number of aromatic hydroxyl groups is 1. The monoisotopic (exact) mass is 264 g/mol. The van der Waals surface area contributed by atoms with Gasteiger partial charge in [-0.15, -0.1) is 0 Å². The van der Waals surface area contributed by atoms with Crippen molar-refractivity contribution in [2.75, 3.05) is 14.2 Å². The van der Waals surface area contributed by atoms with Crippen LogP contribution in [0.5, 0.6) is 17.2 Å². The maximum absolute atomic E-state index is 11.2. The van der Waals surface area contributed by atoms with Crippen LogP contribution in [0.1, 0.15) is 10.5 Å². The largest absolute Gasteiger partial charge is 0.504 e. The number of carbonyl (C=O) groups is 1.